The lowest BCUT2D eigenvalue weighted by Crippen LogP contribution is -2.29. The zero-order chi connectivity index (χ0) is 12.0. The molecule has 0 saturated carbocycles. The van der Waals surface area contributed by atoms with Gasteiger partial charge < -0.3 is 15.4 Å². The number of aromatic nitrogens is 1. The summed E-state index contributed by atoms with van der Waals surface area (Å²) in [6.45, 7) is -0.0928. The van der Waals surface area contributed by atoms with E-state index in [9.17, 15) is 8.78 Å². The van der Waals surface area contributed by atoms with Crippen molar-refractivity contribution in [1.29, 1.82) is 0 Å². The molecular formula is C10H15F2N3O. The van der Waals surface area contributed by atoms with E-state index in [0.717, 1.165) is 0 Å². The molecule has 1 heterocycles. The third kappa shape index (κ3) is 4.39. The van der Waals surface area contributed by atoms with E-state index in [4.69, 9.17) is 0 Å². The summed E-state index contributed by atoms with van der Waals surface area (Å²) in [6, 6.07) is 3.35. The van der Waals surface area contributed by atoms with Crippen molar-refractivity contribution in [2.24, 2.45) is 0 Å². The van der Waals surface area contributed by atoms with Crippen LogP contribution in [0.25, 0.3) is 0 Å². The van der Waals surface area contributed by atoms with Crippen LogP contribution in [0.1, 0.15) is 6.92 Å². The van der Waals surface area contributed by atoms with Crippen LogP contribution in [0, 0.1) is 0 Å². The Balaban J connectivity index is 2.45. The quantitative estimate of drug-likeness (QED) is 0.782. The topological polar surface area (TPSA) is 46.2 Å². The largest absolute Gasteiger partial charge is 0.433 e. The molecule has 0 radical (unpaired) electrons. The molecule has 6 heteroatoms. The van der Waals surface area contributed by atoms with E-state index in [0.29, 0.717) is 18.4 Å². The predicted octanol–water partition coefficient (Wildman–Crippen LogP) is 1.70. The van der Waals surface area contributed by atoms with Crippen LogP contribution in [0.2, 0.25) is 0 Å². The number of hydrogen-bond acceptors (Lipinski definition) is 4. The second kappa shape index (κ2) is 6.22. The molecule has 0 bridgehead atoms. The Bertz CT molecular complexity index is 305. The first-order valence-electron chi connectivity index (χ1n) is 4.94. The van der Waals surface area contributed by atoms with Crippen molar-refractivity contribution in [2.75, 3.05) is 18.9 Å². The van der Waals surface area contributed by atoms with Gasteiger partial charge in [-0.05, 0) is 26.1 Å². The molecule has 1 rings (SSSR count). The van der Waals surface area contributed by atoms with Gasteiger partial charge in [-0.25, -0.2) is 4.98 Å². The van der Waals surface area contributed by atoms with Crippen molar-refractivity contribution in [3.8, 4) is 5.75 Å². The monoisotopic (exact) mass is 231 g/mol. The van der Waals surface area contributed by atoms with Gasteiger partial charge in [0.25, 0.3) is 0 Å². The first-order valence-corrected chi connectivity index (χ1v) is 4.94. The van der Waals surface area contributed by atoms with E-state index in [-0.39, 0.29) is 5.75 Å². The number of ether oxygens (including phenoxy) is 1. The van der Waals surface area contributed by atoms with Gasteiger partial charge in [-0.15, -0.1) is 0 Å². The zero-order valence-corrected chi connectivity index (χ0v) is 9.21. The minimum Gasteiger partial charge on any atom is -0.433 e. The van der Waals surface area contributed by atoms with E-state index in [2.05, 4.69) is 20.4 Å². The second-order valence-electron chi connectivity index (χ2n) is 3.33. The molecule has 1 atom stereocenters. The maximum absolute atomic E-state index is 11.8. The van der Waals surface area contributed by atoms with Crippen LogP contribution in [0.3, 0.4) is 0 Å². The highest BCUT2D eigenvalue weighted by Gasteiger charge is 2.04. The van der Waals surface area contributed by atoms with Crippen LogP contribution in [-0.4, -0.2) is 31.2 Å². The summed E-state index contributed by atoms with van der Waals surface area (Å²) in [5.41, 5.74) is 0. The molecular weight excluding hydrogens is 216 g/mol. The van der Waals surface area contributed by atoms with Gasteiger partial charge in [0.15, 0.2) is 0 Å². The van der Waals surface area contributed by atoms with Crippen LogP contribution in [0.15, 0.2) is 18.3 Å². The molecule has 16 heavy (non-hydrogen) atoms. The molecule has 0 aliphatic rings. The van der Waals surface area contributed by atoms with E-state index < -0.39 is 6.61 Å². The lowest BCUT2D eigenvalue weighted by molar-refractivity contribution is -0.0500. The van der Waals surface area contributed by atoms with Gasteiger partial charge >= 0.3 is 6.61 Å². The zero-order valence-electron chi connectivity index (χ0n) is 9.21. The lowest BCUT2D eigenvalue weighted by atomic mass is 10.3. The maximum atomic E-state index is 11.8. The SMILES string of the molecule is CNC(C)CNc1ccc(OC(F)F)cn1. The van der Waals surface area contributed by atoms with Gasteiger partial charge in [-0.1, -0.05) is 0 Å². The number of halogens is 2. The Morgan fingerprint density at radius 2 is 2.19 bits per heavy atom. The predicted molar refractivity (Wildman–Crippen MR) is 57.9 cm³/mol. The molecule has 0 spiro atoms. The van der Waals surface area contributed by atoms with Gasteiger partial charge in [-0.3, -0.25) is 0 Å². The van der Waals surface area contributed by atoms with Gasteiger partial charge in [0, 0.05) is 12.6 Å². The summed E-state index contributed by atoms with van der Waals surface area (Å²) in [4.78, 5) is 3.94. The van der Waals surface area contributed by atoms with Crippen molar-refractivity contribution in [1.82, 2.24) is 10.3 Å². The van der Waals surface area contributed by atoms with E-state index in [1.807, 2.05) is 14.0 Å². The Morgan fingerprint density at radius 1 is 1.44 bits per heavy atom. The van der Waals surface area contributed by atoms with Gasteiger partial charge in [0.1, 0.15) is 11.6 Å². The fourth-order valence-electron chi connectivity index (χ4n) is 1.02. The van der Waals surface area contributed by atoms with E-state index >= 15 is 0 Å². The highest BCUT2D eigenvalue weighted by molar-refractivity contribution is 5.37. The minimum absolute atomic E-state index is 0.0576. The number of nitrogens with one attached hydrogen (secondary N) is 2. The number of rotatable bonds is 6. The third-order valence-electron chi connectivity index (χ3n) is 2.04. The average Bonchev–Trinajstić information content (AvgIpc) is 2.27. The maximum Gasteiger partial charge on any atom is 0.387 e. The minimum atomic E-state index is -2.81. The third-order valence-corrected chi connectivity index (χ3v) is 2.04. The average molecular weight is 231 g/mol. The molecule has 1 unspecified atom stereocenters. The molecule has 0 aromatic carbocycles. The fourth-order valence-corrected chi connectivity index (χ4v) is 1.02. The van der Waals surface area contributed by atoms with Crippen LogP contribution in [0.5, 0.6) is 5.75 Å². The second-order valence-corrected chi connectivity index (χ2v) is 3.33. The molecule has 4 nitrogen and oxygen atoms in total. The number of pyridine rings is 1. The molecule has 0 fully saturated rings. The molecule has 0 saturated heterocycles. The Labute approximate surface area is 93.0 Å². The van der Waals surface area contributed by atoms with Gasteiger partial charge in [0.05, 0.1) is 6.20 Å². The smallest absolute Gasteiger partial charge is 0.387 e. The first kappa shape index (κ1) is 12.6. The van der Waals surface area contributed by atoms with Crippen molar-refractivity contribution in [3.05, 3.63) is 18.3 Å². The molecule has 0 aliphatic carbocycles. The Kier molecular flexibility index (Phi) is 4.91. The first-order chi connectivity index (χ1) is 7.61. The van der Waals surface area contributed by atoms with Crippen molar-refractivity contribution >= 4 is 5.82 Å². The molecule has 1 aromatic rings. The number of alkyl halides is 2. The van der Waals surface area contributed by atoms with Crippen molar-refractivity contribution in [3.63, 3.8) is 0 Å². The Morgan fingerprint density at radius 3 is 2.69 bits per heavy atom. The number of anilines is 1. The number of nitrogens with zero attached hydrogens (tertiary/aromatic N) is 1. The number of likely N-dealkylation sites (N-methyl/N-ethyl adjacent to an activating group) is 1. The normalized spacial score (nSPS) is 12.6. The molecule has 0 aliphatic heterocycles. The molecule has 2 N–H and O–H groups in total. The summed E-state index contributed by atoms with van der Waals surface area (Å²) in [7, 11) is 1.86. The Hall–Kier alpha value is -1.43. The lowest BCUT2D eigenvalue weighted by Gasteiger charge is -2.12. The van der Waals surface area contributed by atoms with Gasteiger partial charge in [-0.2, -0.15) is 8.78 Å². The molecule has 1 aromatic heterocycles. The standard InChI is InChI=1S/C10H15F2N3O/c1-7(13-2)5-14-9-4-3-8(6-15-9)16-10(11)12/h3-4,6-7,10,13H,5H2,1-2H3,(H,14,15). The summed E-state index contributed by atoms with van der Waals surface area (Å²) < 4.78 is 27.9. The van der Waals surface area contributed by atoms with Crippen LogP contribution < -0.4 is 15.4 Å². The fraction of sp³-hybridized carbons (Fsp3) is 0.500. The van der Waals surface area contributed by atoms with Gasteiger partial charge in [0.2, 0.25) is 0 Å². The van der Waals surface area contributed by atoms with Crippen molar-refractivity contribution in [2.45, 2.75) is 19.6 Å². The van der Waals surface area contributed by atoms with Crippen LogP contribution in [0.4, 0.5) is 14.6 Å². The summed E-state index contributed by atoms with van der Waals surface area (Å²) in [5.74, 6) is 0.686. The highest BCUT2D eigenvalue weighted by Crippen LogP contribution is 2.14. The molecule has 0 amide bonds. The number of hydrogen-bond donors (Lipinski definition) is 2. The summed E-state index contributed by atoms with van der Waals surface area (Å²) in [6.07, 6.45) is 1.26. The van der Waals surface area contributed by atoms with Crippen molar-refractivity contribution < 1.29 is 13.5 Å². The molecule has 90 valence electrons. The van der Waals surface area contributed by atoms with E-state index in [1.165, 1.54) is 12.3 Å². The van der Waals surface area contributed by atoms with Crippen LogP contribution >= 0.6 is 0 Å². The van der Waals surface area contributed by atoms with Crippen LogP contribution in [-0.2, 0) is 0 Å². The summed E-state index contributed by atoms with van der Waals surface area (Å²) >= 11 is 0. The summed E-state index contributed by atoms with van der Waals surface area (Å²) in [5, 5.41) is 6.12. The highest BCUT2D eigenvalue weighted by atomic mass is 19.3. The van der Waals surface area contributed by atoms with E-state index in [1.54, 1.807) is 6.07 Å².